The molecule has 0 unspecified atom stereocenters. The Balaban J connectivity index is 1.27. The number of anilines is 1. The maximum Gasteiger partial charge on any atom is 0.264 e. The Morgan fingerprint density at radius 1 is 1.14 bits per heavy atom. The van der Waals surface area contributed by atoms with E-state index < -0.39 is 0 Å². The fourth-order valence-electron chi connectivity index (χ4n) is 4.38. The van der Waals surface area contributed by atoms with Crippen molar-refractivity contribution in [3.63, 3.8) is 0 Å². The molecule has 186 valence electrons. The van der Waals surface area contributed by atoms with Crippen molar-refractivity contribution in [3.05, 3.63) is 109 Å². The van der Waals surface area contributed by atoms with Crippen LogP contribution < -0.4 is 9.47 Å². The third kappa shape index (κ3) is 4.63. The van der Waals surface area contributed by atoms with Crippen molar-refractivity contribution in [1.29, 1.82) is 0 Å². The monoisotopic (exact) mass is 563 g/mol. The predicted octanol–water partition coefficient (Wildman–Crippen LogP) is 7.68. The van der Waals surface area contributed by atoms with E-state index in [9.17, 15) is 0 Å². The van der Waals surface area contributed by atoms with Crippen LogP contribution in [-0.2, 0) is 6.54 Å². The molecular formula is C28H24ClN4OS3+. The maximum atomic E-state index is 6.27. The molecule has 0 amide bonds. The van der Waals surface area contributed by atoms with E-state index >= 15 is 0 Å². The number of thiazole rings is 1. The zero-order valence-corrected chi connectivity index (χ0v) is 23.6. The highest BCUT2D eigenvalue weighted by Gasteiger charge is 2.34. The van der Waals surface area contributed by atoms with Crippen LogP contribution in [0.2, 0.25) is 5.02 Å². The van der Waals surface area contributed by atoms with Crippen LogP contribution in [0.4, 0.5) is 5.69 Å². The minimum Gasteiger partial charge on any atom is -0.354 e. The van der Waals surface area contributed by atoms with E-state index in [2.05, 4.69) is 63.8 Å². The number of hydrogen-bond donors (Lipinski definition) is 0. The highest BCUT2D eigenvalue weighted by atomic mass is 35.5. The average molecular weight is 564 g/mol. The number of aromatic nitrogens is 2. The zero-order valence-electron chi connectivity index (χ0n) is 20.3. The SMILES string of the molecule is C=C1/C(=C2\Sc3ccc(Cl)cc3N2C)S/C(=C\c2scc[n+]2Cc2cc(-c3ccccc3)no2)N1CC. The van der Waals surface area contributed by atoms with Crippen molar-refractivity contribution in [2.45, 2.75) is 18.4 Å². The van der Waals surface area contributed by atoms with E-state index in [1.165, 1.54) is 14.8 Å². The predicted molar refractivity (Wildman–Crippen MR) is 155 cm³/mol. The van der Waals surface area contributed by atoms with Gasteiger partial charge in [-0.15, -0.1) is 0 Å². The van der Waals surface area contributed by atoms with Crippen LogP contribution in [0.1, 0.15) is 17.7 Å². The smallest absolute Gasteiger partial charge is 0.264 e. The molecule has 0 radical (unpaired) electrons. The minimum atomic E-state index is 0.614. The lowest BCUT2D eigenvalue weighted by Crippen LogP contribution is -2.34. The van der Waals surface area contributed by atoms with Gasteiger partial charge in [-0.05, 0) is 25.1 Å². The summed E-state index contributed by atoms with van der Waals surface area (Å²) in [6.45, 7) is 8.08. The van der Waals surface area contributed by atoms with E-state index in [-0.39, 0.29) is 0 Å². The molecule has 1 saturated heterocycles. The third-order valence-corrected chi connectivity index (χ3v) is 9.91. The number of halogens is 1. The molecule has 0 aliphatic carbocycles. The van der Waals surface area contributed by atoms with Crippen LogP contribution in [0.3, 0.4) is 0 Å². The van der Waals surface area contributed by atoms with Gasteiger partial charge in [-0.25, -0.2) is 0 Å². The summed E-state index contributed by atoms with van der Waals surface area (Å²) >= 11 is 11.5. The van der Waals surface area contributed by atoms with Crippen LogP contribution in [0.15, 0.2) is 103 Å². The number of hydrogen-bond acceptors (Lipinski definition) is 7. The van der Waals surface area contributed by atoms with Crippen LogP contribution in [0, 0.1) is 0 Å². The normalized spacial score (nSPS) is 18.4. The highest BCUT2D eigenvalue weighted by molar-refractivity contribution is 8.09. The molecule has 0 bridgehead atoms. The number of thioether (sulfide) groups is 2. The molecule has 9 heteroatoms. The van der Waals surface area contributed by atoms with Crippen molar-refractivity contribution in [2.24, 2.45) is 0 Å². The quantitative estimate of drug-likeness (QED) is 0.232. The topological polar surface area (TPSA) is 36.4 Å². The molecule has 4 aromatic rings. The zero-order chi connectivity index (χ0) is 25.5. The molecular weight excluding hydrogens is 540 g/mol. The molecule has 6 rings (SSSR count). The van der Waals surface area contributed by atoms with E-state index in [4.69, 9.17) is 16.1 Å². The number of fused-ring (bicyclic) bond motifs is 1. The third-order valence-electron chi connectivity index (χ3n) is 6.28. The van der Waals surface area contributed by atoms with Crippen molar-refractivity contribution < 1.29 is 9.09 Å². The van der Waals surface area contributed by atoms with Gasteiger partial charge in [0.15, 0.2) is 6.20 Å². The van der Waals surface area contributed by atoms with E-state index in [0.29, 0.717) is 6.54 Å². The van der Waals surface area contributed by atoms with Gasteiger partial charge in [0, 0.05) is 35.1 Å². The van der Waals surface area contributed by atoms with E-state index in [1.54, 1.807) is 34.9 Å². The summed E-state index contributed by atoms with van der Waals surface area (Å²) in [6, 6.07) is 18.2. The van der Waals surface area contributed by atoms with Crippen LogP contribution in [0.25, 0.3) is 17.3 Å². The lowest BCUT2D eigenvalue weighted by atomic mass is 10.1. The van der Waals surface area contributed by atoms with Crippen molar-refractivity contribution in [1.82, 2.24) is 10.1 Å². The molecule has 0 N–H and O–H groups in total. The first-order chi connectivity index (χ1) is 18.0. The van der Waals surface area contributed by atoms with Gasteiger partial charge in [0.2, 0.25) is 12.3 Å². The van der Waals surface area contributed by atoms with Crippen LogP contribution in [0.5, 0.6) is 0 Å². The van der Waals surface area contributed by atoms with E-state index in [0.717, 1.165) is 50.0 Å². The van der Waals surface area contributed by atoms with E-state index in [1.807, 2.05) is 48.5 Å². The molecule has 5 nitrogen and oxygen atoms in total. The first-order valence-corrected chi connectivity index (χ1v) is 14.7. The van der Waals surface area contributed by atoms with Gasteiger partial charge in [0.05, 0.1) is 37.8 Å². The first kappa shape index (κ1) is 24.4. The molecule has 2 aromatic carbocycles. The standard InChI is InChI=1S/C28H24ClN4OS3/c1-4-33-18(2)27(28-31(3)23-14-20(29)10-11-24(23)36-28)37-26(33)16-25-32(12-13-35-25)17-21-15-22(30-34-21)19-8-6-5-7-9-19/h5-16H,2,4,17H2,1,3H3/q+1/b28-27+. The number of likely N-dealkylation sites (N-methyl/N-ethyl adjacent to an activating group) is 1. The number of benzene rings is 2. The summed E-state index contributed by atoms with van der Waals surface area (Å²) in [6.07, 6.45) is 4.34. The summed E-state index contributed by atoms with van der Waals surface area (Å²) in [5.41, 5.74) is 4.06. The molecule has 1 fully saturated rings. The molecule has 2 aliphatic heterocycles. The molecule has 37 heavy (non-hydrogen) atoms. The summed E-state index contributed by atoms with van der Waals surface area (Å²) in [7, 11) is 2.09. The lowest BCUT2D eigenvalue weighted by molar-refractivity contribution is -0.686. The molecule has 4 heterocycles. The first-order valence-electron chi connectivity index (χ1n) is 11.8. The van der Waals surface area contributed by atoms with Gasteiger partial charge < -0.3 is 14.3 Å². The second kappa shape index (κ2) is 10.1. The van der Waals surface area contributed by atoms with Gasteiger partial charge in [0.1, 0.15) is 5.69 Å². The van der Waals surface area contributed by atoms with Gasteiger partial charge in [-0.2, -0.15) is 4.57 Å². The van der Waals surface area contributed by atoms with Crippen molar-refractivity contribution in [3.8, 4) is 11.3 Å². The van der Waals surface area contributed by atoms with Gasteiger partial charge in [0.25, 0.3) is 5.01 Å². The van der Waals surface area contributed by atoms with Crippen molar-refractivity contribution in [2.75, 3.05) is 18.5 Å². The molecule has 2 aromatic heterocycles. The Bertz CT molecular complexity index is 1560. The maximum absolute atomic E-state index is 6.27. The summed E-state index contributed by atoms with van der Waals surface area (Å²) in [5.74, 6) is 0.820. The molecule has 0 saturated carbocycles. The van der Waals surface area contributed by atoms with Gasteiger partial charge in [-0.1, -0.05) is 88.5 Å². The van der Waals surface area contributed by atoms with Crippen molar-refractivity contribution >= 4 is 58.2 Å². The highest BCUT2D eigenvalue weighted by Crippen LogP contribution is 2.54. The lowest BCUT2D eigenvalue weighted by Gasteiger charge is -2.18. The Labute approximate surface area is 233 Å². The Morgan fingerprint density at radius 2 is 1.97 bits per heavy atom. The fraction of sp³-hybridized carbons (Fsp3) is 0.143. The fourth-order valence-corrected chi connectivity index (χ4v) is 7.93. The Kier molecular flexibility index (Phi) is 6.67. The Hall–Kier alpha value is -2.91. The molecule has 0 spiro atoms. The summed E-state index contributed by atoms with van der Waals surface area (Å²) in [5, 5.41) is 10.6. The van der Waals surface area contributed by atoms with Gasteiger partial charge >= 0.3 is 0 Å². The van der Waals surface area contributed by atoms with Crippen LogP contribution >= 0.6 is 46.5 Å². The number of rotatable bonds is 5. The second-order valence-electron chi connectivity index (χ2n) is 8.60. The van der Waals surface area contributed by atoms with Gasteiger partial charge in [-0.3, -0.25) is 0 Å². The average Bonchev–Trinajstić information content (AvgIpc) is 3.68. The Morgan fingerprint density at radius 3 is 2.78 bits per heavy atom. The number of nitrogens with zero attached hydrogens (tertiary/aromatic N) is 4. The molecule has 0 atom stereocenters. The second-order valence-corrected chi connectivity index (χ2v) is 12.0. The molecule has 2 aliphatic rings. The summed E-state index contributed by atoms with van der Waals surface area (Å²) < 4.78 is 7.87. The van der Waals surface area contributed by atoms with Crippen LogP contribution in [-0.4, -0.2) is 23.6 Å². The summed E-state index contributed by atoms with van der Waals surface area (Å²) in [4.78, 5) is 6.89. The minimum absolute atomic E-state index is 0.614. The largest absolute Gasteiger partial charge is 0.354 e.